The van der Waals surface area contributed by atoms with Gasteiger partial charge in [0.15, 0.2) is 0 Å². The van der Waals surface area contributed by atoms with Crippen molar-refractivity contribution >= 4 is 5.91 Å². The number of benzene rings is 2. The monoisotopic (exact) mass is 328 g/mol. The van der Waals surface area contributed by atoms with Gasteiger partial charge in [0.2, 0.25) is 5.91 Å². The summed E-state index contributed by atoms with van der Waals surface area (Å²) in [5, 5.41) is 11.0. The lowest BCUT2D eigenvalue weighted by molar-refractivity contribution is -0.120. The second-order valence-electron chi connectivity index (χ2n) is 4.91. The highest BCUT2D eigenvalue weighted by molar-refractivity contribution is 5.77. The quantitative estimate of drug-likeness (QED) is 0.757. The number of ether oxygens (including phenoxy) is 2. The summed E-state index contributed by atoms with van der Waals surface area (Å²) in [6.07, 6.45) is -0.144. The normalized spacial score (nSPS) is 9.83. The van der Waals surface area contributed by atoms with Crippen LogP contribution in [-0.4, -0.2) is 19.1 Å². The Morgan fingerprint density at radius 1 is 1.00 bits per heavy atom. The molecule has 2 rings (SSSR count). The first-order valence-electron chi connectivity index (χ1n) is 7.41. The fourth-order valence-corrected chi connectivity index (χ4v) is 1.89. The van der Waals surface area contributed by atoms with E-state index in [0.717, 1.165) is 5.56 Å². The van der Waals surface area contributed by atoms with E-state index in [1.807, 2.05) is 12.1 Å². The molecule has 0 heterocycles. The molecular weight excluding hydrogens is 311 g/mol. The average molecular weight is 328 g/mol. The van der Waals surface area contributed by atoms with Crippen molar-refractivity contribution in [2.75, 3.05) is 13.2 Å². The number of hydrogen-bond donors (Lipinski definition) is 1. The summed E-state index contributed by atoms with van der Waals surface area (Å²) in [5.74, 6) is 0.673. The third-order valence-corrected chi connectivity index (χ3v) is 3.09. The van der Waals surface area contributed by atoms with Crippen molar-refractivity contribution in [3.05, 3.63) is 59.9 Å². The van der Waals surface area contributed by atoms with E-state index in [1.165, 1.54) is 12.1 Å². The van der Waals surface area contributed by atoms with Crippen LogP contribution in [-0.2, 0) is 11.3 Å². The predicted molar refractivity (Wildman–Crippen MR) is 85.9 cm³/mol. The van der Waals surface area contributed by atoms with Crippen molar-refractivity contribution in [1.82, 2.24) is 5.32 Å². The Bertz CT molecular complexity index is 694. The lowest BCUT2D eigenvalue weighted by Crippen LogP contribution is -2.21. The van der Waals surface area contributed by atoms with Gasteiger partial charge in [-0.05, 0) is 42.0 Å². The van der Waals surface area contributed by atoms with Crippen molar-refractivity contribution in [1.29, 1.82) is 5.26 Å². The third kappa shape index (κ3) is 5.97. The van der Waals surface area contributed by atoms with Gasteiger partial charge in [0.1, 0.15) is 37.0 Å². The van der Waals surface area contributed by atoms with E-state index in [-0.39, 0.29) is 18.1 Å². The Morgan fingerprint density at radius 2 is 1.54 bits per heavy atom. The molecule has 6 heteroatoms. The molecule has 0 aliphatic heterocycles. The van der Waals surface area contributed by atoms with Gasteiger partial charge in [-0.25, -0.2) is 4.39 Å². The van der Waals surface area contributed by atoms with Crippen LogP contribution in [0, 0.1) is 17.1 Å². The lowest BCUT2D eigenvalue weighted by atomic mass is 10.2. The Balaban J connectivity index is 1.69. The molecule has 0 saturated carbocycles. The van der Waals surface area contributed by atoms with Crippen molar-refractivity contribution in [3.63, 3.8) is 0 Å². The maximum Gasteiger partial charge on any atom is 0.234 e. The average Bonchev–Trinajstić information content (AvgIpc) is 2.60. The molecule has 0 aromatic heterocycles. The molecule has 2 aromatic carbocycles. The minimum absolute atomic E-state index is 0.144. The Labute approximate surface area is 139 Å². The first-order chi connectivity index (χ1) is 11.7. The number of carbonyl (C=O) groups is 1. The molecule has 0 aliphatic carbocycles. The molecular formula is C18H17FN2O3. The Kier molecular flexibility index (Phi) is 6.59. The number of amides is 1. The fourth-order valence-electron chi connectivity index (χ4n) is 1.89. The number of carbonyl (C=O) groups excluding carboxylic acids is 1. The van der Waals surface area contributed by atoms with Crippen molar-refractivity contribution in [2.45, 2.75) is 13.0 Å². The third-order valence-electron chi connectivity index (χ3n) is 3.09. The summed E-state index contributed by atoms with van der Waals surface area (Å²) >= 11 is 0. The van der Waals surface area contributed by atoms with Gasteiger partial charge in [-0.2, -0.15) is 5.26 Å². The maximum atomic E-state index is 12.7. The highest BCUT2D eigenvalue weighted by atomic mass is 19.1. The van der Waals surface area contributed by atoms with E-state index in [9.17, 15) is 9.18 Å². The molecule has 2 aromatic rings. The SMILES string of the molecule is N#CCC(=O)NCc1ccc(OCCOc2ccc(F)cc2)cc1. The summed E-state index contributed by atoms with van der Waals surface area (Å²) in [5.41, 5.74) is 0.913. The van der Waals surface area contributed by atoms with E-state index in [1.54, 1.807) is 30.3 Å². The molecule has 1 amide bonds. The van der Waals surface area contributed by atoms with E-state index in [2.05, 4.69) is 5.32 Å². The molecule has 0 aliphatic rings. The Morgan fingerprint density at radius 3 is 2.08 bits per heavy atom. The van der Waals surface area contributed by atoms with Crippen LogP contribution in [0.5, 0.6) is 11.5 Å². The number of nitrogens with zero attached hydrogens (tertiary/aromatic N) is 1. The molecule has 1 N–H and O–H groups in total. The molecule has 0 bridgehead atoms. The largest absolute Gasteiger partial charge is 0.490 e. The van der Waals surface area contributed by atoms with Crippen LogP contribution < -0.4 is 14.8 Å². The summed E-state index contributed by atoms with van der Waals surface area (Å²) in [7, 11) is 0. The van der Waals surface area contributed by atoms with Gasteiger partial charge >= 0.3 is 0 Å². The van der Waals surface area contributed by atoms with Crippen molar-refractivity contribution < 1.29 is 18.7 Å². The topological polar surface area (TPSA) is 71.4 Å². The molecule has 0 spiro atoms. The summed E-state index contributed by atoms with van der Waals surface area (Å²) in [4.78, 5) is 11.2. The summed E-state index contributed by atoms with van der Waals surface area (Å²) in [6.45, 7) is 1.07. The van der Waals surface area contributed by atoms with E-state index >= 15 is 0 Å². The van der Waals surface area contributed by atoms with Crippen LogP contribution in [0.2, 0.25) is 0 Å². The maximum absolute atomic E-state index is 12.7. The summed E-state index contributed by atoms with van der Waals surface area (Å²) in [6, 6.07) is 14.9. The fraction of sp³-hybridized carbons (Fsp3) is 0.222. The van der Waals surface area contributed by atoms with Gasteiger partial charge in [0.05, 0.1) is 6.07 Å². The molecule has 0 fully saturated rings. The van der Waals surface area contributed by atoms with E-state index in [4.69, 9.17) is 14.7 Å². The Hall–Kier alpha value is -3.07. The second-order valence-corrected chi connectivity index (χ2v) is 4.91. The van der Waals surface area contributed by atoms with Crippen LogP contribution in [0.15, 0.2) is 48.5 Å². The second kappa shape index (κ2) is 9.16. The van der Waals surface area contributed by atoms with E-state index < -0.39 is 0 Å². The van der Waals surface area contributed by atoms with Crippen LogP contribution in [0.1, 0.15) is 12.0 Å². The molecule has 0 radical (unpaired) electrons. The molecule has 24 heavy (non-hydrogen) atoms. The van der Waals surface area contributed by atoms with Crippen molar-refractivity contribution in [3.8, 4) is 17.6 Å². The summed E-state index contributed by atoms with van der Waals surface area (Å²) < 4.78 is 23.7. The van der Waals surface area contributed by atoms with Gasteiger partial charge < -0.3 is 14.8 Å². The zero-order valence-corrected chi connectivity index (χ0v) is 13.0. The van der Waals surface area contributed by atoms with Crippen LogP contribution >= 0.6 is 0 Å². The van der Waals surface area contributed by atoms with Crippen LogP contribution in [0.3, 0.4) is 0 Å². The van der Waals surface area contributed by atoms with Crippen LogP contribution in [0.4, 0.5) is 4.39 Å². The molecule has 0 unspecified atom stereocenters. The number of halogens is 1. The highest BCUT2D eigenvalue weighted by Crippen LogP contribution is 2.13. The molecule has 124 valence electrons. The first-order valence-corrected chi connectivity index (χ1v) is 7.41. The predicted octanol–water partition coefficient (Wildman–Crippen LogP) is 2.81. The number of hydrogen-bond acceptors (Lipinski definition) is 4. The lowest BCUT2D eigenvalue weighted by Gasteiger charge is -2.09. The first kappa shape index (κ1) is 17.3. The number of rotatable bonds is 8. The van der Waals surface area contributed by atoms with Gasteiger partial charge in [-0.15, -0.1) is 0 Å². The number of nitrogens with one attached hydrogen (secondary N) is 1. The van der Waals surface area contributed by atoms with Crippen molar-refractivity contribution in [2.24, 2.45) is 0 Å². The zero-order valence-electron chi connectivity index (χ0n) is 13.0. The molecule has 0 atom stereocenters. The molecule has 5 nitrogen and oxygen atoms in total. The zero-order chi connectivity index (χ0) is 17.2. The number of nitriles is 1. The van der Waals surface area contributed by atoms with Gasteiger partial charge in [-0.3, -0.25) is 4.79 Å². The van der Waals surface area contributed by atoms with Gasteiger partial charge in [0, 0.05) is 6.54 Å². The minimum Gasteiger partial charge on any atom is -0.490 e. The molecule has 0 saturated heterocycles. The standard InChI is InChI=1S/C18H17FN2O3/c19-15-3-7-17(8-4-15)24-12-11-23-16-5-1-14(2-6-16)13-21-18(22)9-10-20/h1-8H,9,11-13H2,(H,21,22). The highest BCUT2D eigenvalue weighted by Gasteiger charge is 2.01. The van der Waals surface area contributed by atoms with Crippen LogP contribution in [0.25, 0.3) is 0 Å². The smallest absolute Gasteiger partial charge is 0.234 e. The van der Waals surface area contributed by atoms with Gasteiger partial charge in [0.25, 0.3) is 0 Å². The van der Waals surface area contributed by atoms with E-state index in [0.29, 0.717) is 31.3 Å². The minimum atomic E-state index is -0.303. The van der Waals surface area contributed by atoms with Gasteiger partial charge in [-0.1, -0.05) is 12.1 Å².